The van der Waals surface area contributed by atoms with Gasteiger partial charge in [0.1, 0.15) is 0 Å². The topological polar surface area (TPSA) is 88.2 Å². The summed E-state index contributed by atoms with van der Waals surface area (Å²) in [6.07, 6.45) is 1.52. The predicted molar refractivity (Wildman–Crippen MR) is 108 cm³/mol. The van der Waals surface area contributed by atoms with E-state index in [0.717, 1.165) is 5.56 Å². The van der Waals surface area contributed by atoms with E-state index in [9.17, 15) is 13.2 Å². The maximum Gasteiger partial charge on any atom is 0.263 e. The number of hydrogen-bond donors (Lipinski definition) is 2. The van der Waals surface area contributed by atoms with E-state index in [2.05, 4.69) is 28.9 Å². The standard InChI is InChI=1S/C19H19N3O3S2/c1-13(2)14-3-5-15(6-4-14)18(23)21-16-7-9-17(10-8-16)27(24,25)22-19-20-11-12-26-19/h3-13H,1-2H3,(H,20,22)(H,21,23). The molecule has 6 nitrogen and oxygen atoms in total. The van der Waals surface area contributed by atoms with Crippen molar-refractivity contribution < 1.29 is 13.2 Å². The van der Waals surface area contributed by atoms with Crippen LogP contribution < -0.4 is 10.0 Å². The van der Waals surface area contributed by atoms with Crippen LogP contribution in [0.3, 0.4) is 0 Å². The summed E-state index contributed by atoms with van der Waals surface area (Å²) >= 11 is 1.20. The van der Waals surface area contributed by atoms with Gasteiger partial charge >= 0.3 is 0 Å². The Morgan fingerprint density at radius 3 is 2.26 bits per heavy atom. The van der Waals surface area contributed by atoms with Crippen molar-refractivity contribution in [3.05, 3.63) is 71.2 Å². The predicted octanol–water partition coefficient (Wildman–Crippen LogP) is 4.32. The molecule has 140 valence electrons. The molecule has 8 heteroatoms. The van der Waals surface area contributed by atoms with Crippen molar-refractivity contribution in [2.45, 2.75) is 24.7 Å². The van der Waals surface area contributed by atoms with Gasteiger partial charge in [0.05, 0.1) is 4.90 Å². The number of amides is 1. The van der Waals surface area contributed by atoms with Crippen LogP contribution in [0.15, 0.2) is 65.0 Å². The second kappa shape index (κ2) is 7.89. The van der Waals surface area contributed by atoms with Crippen LogP contribution in [0.25, 0.3) is 0 Å². The molecule has 0 bridgehead atoms. The molecule has 1 heterocycles. The van der Waals surface area contributed by atoms with E-state index in [1.807, 2.05) is 12.1 Å². The Hall–Kier alpha value is -2.71. The normalized spacial score (nSPS) is 11.4. The van der Waals surface area contributed by atoms with Gasteiger partial charge in [-0.2, -0.15) is 0 Å². The lowest BCUT2D eigenvalue weighted by atomic mass is 10.0. The maximum absolute atomic E-state index is 12.3. The van der Waals surface area contributed by atoms with Crippen molar-refractivity contribution >= 4 is 38.1 Å². The third-order valence-electron chi connectivity index (χ3n) is 3.92. The Morgan fingerprint density at radius 1 is 1.04 bits per heavy atom. The van der Waals surface area contributed by atoms with Gasteiger partial charge in [-0.05, 0) is 47.9 Å². The molecule has 3 aromatic rings. The van der Waals surface area contributed by atoms with Gasteiger partial charge in [0, 0.05) is 22.8 Å². The van der Waals surface area contributed by atoms with Crippen molar-refractivity contribution in [1.82, 2.24) is 4.98 Å². The summed E-state index contributed by atoms with van der Waals surface area (Å²) in [6, 6.07) is 13.4. The molecule has 1 amide bonds. The van der Waals surface area contributed by atoms with E-state index in [0.29, 0.717) is 22.3 Å². The molecule has 0 radical (unpaired) electrons. The number of aromatic nitrogens is 1. The average Bonchev–Trinajstić information content (AvgIpc) is 3.14. The molecule has 0 atom stereocenters. The lowest BCUT2D eigenvalue weighted by Crippen LogP contribution is -2.14. The number of anilines is 2. The van der Waals surface area contributed by atoms with Crippen LogP contribution in [-0.2, 0) is 10.0 Å². The number of nitrogens with one attached hydrogen (secondary N) is 2. The fourth-order valence-corrected chi connectivity index (χ4v) is 4.18. The first-order chi connectivity index (χ1) is 12.8. The lowest BCUT2D eigenvalue weighted by molar-refractivity contribution is 0.102. The van der Waals surface area contributed by atoms with E-state index >= 15 is 0 Å². The number of nitrogens with zero attached hydrogens (tertiary/aromatic N) is 1. The van der Waals surface area contributed by atoms with Gasteiger partial charge in [0.2, 0.25) is 0 Å². The van der Waals surface area contributed by atoms with Crippen LogP contribution in [0.4, 0.5) is 10.8 Å². The van der Waals surface area contributed by atoms with Gasteiger partial charge in [-0.25, -0.2) is 13.4 Å². The summed E-state index contributed by atoms with van der Waals surface area (Å²) < 4.78 is 27.0. The zero-order chi connectivity index (χ0) is 19.4. The number of thiazole rings is 1. The van der Waals surface area contributed by atoms with Gasteiger partial charge in [0.15, 0.2) is 5.13 Å². The van der Waals surface area contributed by atoms with Crippen molar-refractivity contribution in [3.63, 3.8) is 0 Å². The number of carbonyl (C=O) groups is 1. The monoisotopic (exact) mass is 401 g/mol. The minimum Gasteiger partial charge on any atom is -0.322 e. The Balaban J connectivity index is 1.69. The lowest BCUT2D eigenvalue weighted by Gasteiger charge is -2.09. The van der Waals surface area contributed by atoms with Gasteiger partial charge in [0.25, 0.3) is 15.9 Å². The maximum atomic E-state index is 12.3. The van der Waals surface area contributed by atoms with Gasteiger partial charge in [-0.3, -0.25) is 9.52 Å². The SMILES string of the molecule is CC(C)c1ccc(C(=O)Nc2ccc(S(=O)(=O)Nc3nccs3)cc2)cc1. The van der Waals surface area contributed by atoms with E-state index in [1.54, 1.807) is 29.6 Å². The Labute approximate surface area is 162 Å². The molecule has 3 rings (SSSR count). The van der Waals surface area contributed by atoms with Crippen LogP contribution >= 0.6 is 11.3 Å². The molecular formula is C19H19N3O3S2. The average molecular weight is 402 g/mol. The molecule has 0 aliphatic heterocycles. The molecule has 0 aliphatic carbocycles. The molecule has 0 aliphatic rings. The summed E-state index contributed by atoms with van der Waals surface area (Å²) in [4.78, 5) is 16.3. The minimum absolute atomic E-state index is 0.0944. The van der Waals surface area contributed by atoms with E-state index in [4.69, 9.17) is 0 Å². The van der Waals surface area contributed by atoms with Gasteiger partial charge in [-0.1, -0.05) is 26.0 Å². The fourth-order valence-electron chi connectivity index (χ4n) is 2.39. The van der Waals surface area contributed by atoms with Gasteiger partial charge in [-0.15, -0.1) is 11.3 Å². The van der Waals surface area contributed by atoms with Crippen molar-refractivity contribution in [1.29, 1.82) is 0 Å². The summed E-state index contributed by atoms with van der Waals surface area (Å²) in [5.74, 6) is 0.149. The highest BCUT2D eigenvalue weighted by Gasteiger charge is 2.15. The summed E-state index contributed by atoms with van der Waals surface area (Å²) in [7, 11) is -3.71. The highest BCUT2D eigenvalue weighted by Crippen LogP contribution is 2.20. The Kier molecular flexibility index (Phi) is 5.57. The van der Waals surface area contributed by atoms with E-state index in [-0.39, 0.29) is 10.8 Å². The largest absolute Gasteiger partial charge is 0.322 e. The van der Waals surface area contributed by atoms with Crippen molar-refractivity contribution in [2.24, 2.45) is 0 Å². The third kappa shape index (κ3) is 4.72. The zero-order valence-corrected chi connectivity index (χ0v) is 16.5. The molecule has 2 aromatic carbocycles. The van der Waals surface area contributed by atoms with Crippen molar-refractivity contribution in [3.8, 4) is 0 Å². The highest BCUT2D eigenvalue weighted by molar-refractivity contribution is 7.93. The van der Waals surface area contributed by atoms with Crippen LogP contribution in [-0.4, -0.2) is 19.3 Å². The first-order valence-corrected chi connectivity index (χ1v) is 10.6. The smallest absolute Gasteiger partial charge is 0.263 e. The Morgan fingerprint density at radius 2 is 1.70 bits per heavy atom. The summed E-state index contributed by atoms with van der Waals surface area (Å²) in [5.41, 5.74) is 2.22. The highest BCUT2D eigenvalue weighted by atomic mass is 32.2. The Bertz CT molecular complexity index is 1010. The molecule has 1 aromatic heterocycles. The number of rotatable bonds is 6. The van der Waals surface area contributed by atoms with Crippen molar-refractivity contribution in [2.75, 3.05) is 10.0 Å². The molecule has 0 unspecified atom stereocenters. The van der Waals surface area contributed by atoms with E-state index < -0.39 is 10.0 Å². The molecule has 27 heavy (non-hydrogen) atoms. The number of sulfonamides is 1. The van der Waals surface area contributed by atoms with Crippen LogP contribution in [0.5, 0.6) is 0 Å². The minimum atomic E-state index is -3.71. The number of hydrogen-bond acceptors (Lipinski definition) is 5. The quantitative estimate of drug-likeness (QED) is 0.644. The van der Waals surface area contributed by atoms with Gasteiger partial charge < -0.3 is 5.32 Å². The fraction of sp³-hybridized carbons (Fsp3) is 0.158. The molecule has 0 saturated heterocycles. The van der Waals surface area contributed by atoms with Crippen LogP contribution in [0.1, 0.15) is 35.7 Å². The summed E-state index contributed by atoms with van der Waals surface area (Å²) in [6.45, 7) is 4.18. The second-order valence-electron chi connectivity index (χ2n) is 6.20. The molecule has 0 spiro atoms. The number of benzene rings is 2. The summed E-state index contributed by atoms with van der Waals surface area (Å²) in [5, 5.41) is 4.75. The zero-order valence-electron chi connectivity index (χ0n) is 14.8. The molecule has 2 N–H and O–H groups in total. The van der Waals surface area contributed by atoms with Crippen LogP contribution in [0, 0.1) is 0 Å². The second-order valence-corrected chi connectivity index (χ2v) is 8.77. The molecular weight excluding hydrogens is 382 g/mol. The molecule has 0 fully saturated rings. The first kappa shape index (κ1) is 19.1. The number of carbonyl (C=O) groups excluding carboxylic acids is 1. The molecule has 0 saturated carbocycles. The van der Waals surface area contributed by atoms with Crippen LogP contribution in [0.2, 0.25) is 0 Å². The van der Waals surface area contributed by atoms with E-state index in [1.165, 1.54) is 29.7 Å². The third-order valence-corrected chi connectivity index (χ3v) is 6.09. The first-order valence-electron chi connectivity index (χ1n) is 8.29.